The van der Waals surface area contributed by atoms with Gasteiger partial charge in [0, 0.05) is 11.1 Å². The Labute approximate surface area is 76.9 Å². The summed E-state index contributed by atoms with van der Waals surface area (Å²) in [6.45, 7) is -0.819. The lowest BCUT2D eigenvalue weighted by molar-refractivity contribution is 0.112. The predicted octanol–water partition coefficient (Wildman–Crippen LogP) is 1.55. The van der Waals surface area contributed by atoms with Gasteiger partial charge in [0.15, 0.2) is 11.1 Å². The number of halogens is 1. The molecule has 1 aromatic rings. The van der Waals surface area contributed by atoms with Crippen molar-refractivity contribution in [2.75, 3.05) is 0 Å². The van der Waals surface area contributed by atoms with E-state index in [0.29, 0.717) is 6.29 Å². The van der Waals surface area contributed by atoms with Crippen LogP contribution in [0.2, 0.25) is 0 Å². The lowest BCUT2D eigenvalue weighted by Gasteiger charge is -2.02. The fraction of sp³-hybridized carbons (Fsp3) is 0.125. The van der Waals surface area contributed by atoms with Gasteiger partial charge in [0.2, 0.25) is 0 Å². The van der Waals surface area contributed by atoms with E-state index in [1.165, 1.54) is 18.2 Å². The van der Waals surface area contributed by atoms with Crippen LogP contribution in [0.3, 0.4) is 0 Å². The summed E-state index contributed by atoms with van der Waals surface area (Å²) in [6.07, 6.45) is 0.540. The van der Waals surface area contributed by atoms with E-state index in [9.17, 15) is 13.4 Å². The number of hydrogen-bond donors (Lipinski definition) is 1. The highest BCUT2D eigenvalue weighted by Crippen LogP contribution is 2.15. The van der Waals surface area contributed by atoms with Gasteiger partial charge >= 0.3 is 0 Å². The maximum Gasteiger partial charge on any atom is 0.186 e. The zero-order chi connectivity index (χ0) is 9.84. The molecule has 1 unspecified atom stereocenters. The molecule has 3 nitrogen and oxygen atoms in total. The van der Waals surface area contributed by atoms with Crippen LogP contribution in [0.15, 0.2) is 23.1 Å². The Bertz CT molecular complexity index is 351. The molecule has 0 saturated carbocycles. The van der Waals surface area contributed by atoms with E-state index in [1.807, 2.05) is 0 Å². The third kappa shape index (κ3) is 2.19. The molecule has 0 aliphatic rings. The largest absolute Gasteiger partial charge is 0.302 e. The van der Waals surface area contributed by atoms with Gasteiger partial charge < -0.3 is 4.55 Å². The Kier molecular flexibility index (Phi) is 3.27. The Balaban J connectivity index is 3.25. The van der Waals surface area contributed by atoms with Crippen LogP contribution in [0, 0.1) is 0 Å². The van der Waals surface area contributed by atoms with Crippen LogP contribution in [0.4, 0.5) is 4.39 Å². The van der Waals surface area contributed by atoms with E-state index < -0.39 is 17.8 Å². The second-order valence-electron chi connectivity index (χ2n) is 2.37. The molecule has 13 heavy (non-hydrogen) atoms. The normalized spacial score (nSPS) is 12.5. The van der Waals surface area contributed by atoms with Gasteiger partial charge in [-0.3, -0.25) is 4.79 Å². The molecule has 0 aliphatic carbocycles. The number of aldehydes is 1. The van der Waals surface area contributed by atoms with Crippen molar-refractivity contribution < 1.29 is 17.9 Å². The molecule has 0 heterocycles. The van der Waals surface area contributed by atoms with Crippen LogP contribution < -0.4 is 0 Å². The quantitative estimate of drug-likeness (QED) is 0.597. The van der Waals surface area contributed by atoms with Crippen LogP contribution in [0.5, 0.6) is 0 Å². The Morgan fingerprint density at radius 3 is 2.69 bits per heavy atom. The number of benzene rings is 1. The predicted molar refractivity (Wildman–Crippen MR) is 45.7 cm³/mol. The average molecular weight is 202 g/mol. The van der Waals surface area contributed by atoms with Crippen molar-refractivity contribution in [3.8, 4) is 0 Å². The van der Waals surface area contributed by atoms with Gasteiger partial charge in [0.05, 0.1) is 4.90 Å². The average Bonchev–Trinajstić information content (AvgIpc) is 2.16. The minimum absolute atomic E-state index is 0.0490. The molecule has 0 spiro atoms. The number of alkyl halides is 1. The van der Waals surface area contributed by atoms with E-state index in [0.717, 1.165) is 0 Å². The maximum atomic E-state index is 12.2. The molecule has 1 atom stereocenters. The summed E-state index contributed by atoms with van der Waals surface area (Å²) in [5, 5.41) is 0. The standard InChI is InChI=1S/C8H7FO3S/c9-4-7-2-1-6(5-10)3-8(7)13(11)12/h1-3,5H,4H2,(H,11,12). The van der Waals surface area contributed by atoms with E-state index in [4.69, 9.17) is 4.55 Å². The summed E-state index contributed by atoms with van der Waals surface area (Å²) in [5.41, 5.74) is 0.390. The zero-order valence-corrected chi connectivity index (χ0v) is 7.38. The summed E-state index contributed by atoms with van der Waals surface area (Å²) < 4.78 is 31.7. The molecule has 1 aromatic carbocycles. The molecule has 70 valence electrons. The van der Waals surface area contributed by atoms with Crippen molar-refractivity contribution in [2.24, 2.45) is 0 Å². The summed E-state index contributed by atoms with van der Waals surface area (Å²) in [4.78, 5) is 10.3. The molecule has 5 heteroatoms. The molecule has 0 fully saturated rings. The summed E-state index contributed by atoms with van der Waals surface area (Å²) in [5.74, 6) is 0. The third-order valence-corrected chi connectivity index (χ3v) is 2.32. The minimum Gasteiger partial charge on any atom is -0.302 e. The van der Waals surface area contributed by atoms with Crippen molar-refractivity contribution in [1.29, 1.82) is 0 Å². The molecular weight excluding hydrogens is 195 g/mol. The second-order valence-corrected chi connectivity index (χ2v) is 3.31. The van der Waals surface area contributed by atoms with E-state index in [2.05, 4.69) is 0 Å². The molecule has 0 amide bonds. The highest BCUT2D eigenvalue weighted by atomic mass is 32.2. The summed E-state index contributed by atoms with van der Waals surface area (Å²) in [6, 6.07) is 3.93. The van der Waals surface area contributed by atoms with Crippen molar-refractivity contribution in [3.63, 3.8) is 0 Å². The molecule has 0 radical (unpaired) electrons. The summed E-state index contributed by atoms with van der Waals surface area (Å²) >= 11 is -2.25. The highest BCUT2D eigenvalue weighted by molar-refractivity contribution is 7.79. The minimum atomic E-state index is -2.25. The molecule has 0 bridgehead atoms. The maximum absolute atomic E-state index is 12.2. The van der Waals surface area contributed by atoms with Gasteiger partial charge in [0.1, 0.15) is 13.0 Å². The molecule has 0 aliphatic heterocycles. The van der Waals surface area contributed by atoms with Gasteiger partial charge in [-0.15, -0.1) is 0 Å². The molecule has 0 aromatic heterocycles. The molecule has 1 N–H and O–H groups in total. The smallest absolute Gasteiger partial charge is 0.186 e. The SMILES string of the molecule is O=Cc1ccc(CF)c(S(=O)O)c1. The number of carbonyl (C=O) groups excluding carboxylic acids is 1. The Morgan fingerprint density at radius 2 is 2.23 bits per heavy atom. The first-order valence-electron chi connectivity index (χ1n) is 3.44. The third-order valence-electron chi connectivity index (χ3n) is 1.56. The molecule has 0 saturated heterocycles. The molecular formula is C8H7FO3S. The first-order valence-corrected chi connectivity index (χ1v) is 4.54. The second kappa shape index (κ2) is 4.25. The fourth-order valence-corrected chi connectivity index (χ4v) is 1.50. The van der Waals surface area contributed by atoms with Gasteiger partial charge in [-0.05, 0) is 6.07 Å². The van der Waals surface area contributed by atoms with Crippen molar-refractivity contribution in [3.05, 3.63) is 29.3 Å². The molecule has 1 rings (SSSR count). The lowest BCUT2D eigenvalue weighted by atomic mass is 10.2. The van der Waals surface area contributed by atoms with Crippen molar-refractivity contribution in [1.82, 2.24) is 0 Å². The van der Waals surface area contributed by atoms with Crippen LogP contribution in [0.25, 0.3) is 0 Å². The topological polar surface area (TPSA) is 54.4 Å². The fourth-order valence-electron chi connectivity index (χ4n) is 0.917. The van der Waals surface area contributed by atoms with Crippen molar-refractivity contribution >= 4 is 17.4 Å². The lowest BCUT2D eigenvalue weighted by Crippen LogP contribution is -1.96. The van der Waals surface area contributed by atoms with E-state index in [-0.39, 0.29) is 16.0 Å². The number of rotatable bonds is 3. The van der Waals surface area contributed by atoms with Crippen LogP contribution in [0.1, 0.15) is 15.9 Å². The van der Waals surface area contributed by atoms with E-state index in [1.54, 1.807) is 0 Å². The van der Waals surface area contributed by atoms with Crippen LogP contribution >= 0.6 is 0 Å². The van der Waals surface area contributed by atoms with Gasteiger partial charge in [-0.2, -0.15) is 0 Å². The Morgan fingerprint density at radius 1 is 1.54 bits per heavy atom. The number of carbonyl (C=O) groups is 1. The number of hydrogen-bond acceptors (Lipinski definition) is 2. The first-order chi connectivity index (χ1) is 6.19. The first kappa shape index (κ1) is 10.0. The zero-order valence-electron chi connectivity index (χ0n) is 6.57. The van der Waals surface area contributed by atoms with Crippen LogP contribution in [-0.2, 0) is 17.8 Å². The van der Waals surface area contributed by atoms with Gasteiger partial charge in [0.25, 0.3) is 0 Å². The summed E-state index contributed by atoms with van der Waals surface area (Å²) in [7, 11) is 0. The van der Waals surface area contributed by atoms with Crippen molar-refractivity contribution in [2.45, 2.75) is 11.6 Å². The highest BCUT2D eigenvalue weighted by Gasteiger charge is 2.08. The van der Waals surface area contributed by atoms with Crippen LogP contribution in [-0.4, -0.2) is 15.0 Å². The van der Waals surface area contributed by atoms with Gasteiger partial charge in [-0.1, -0.05) is 12.1 Å². The van der Waals surface area contributed by atoms with E-state index >= 15 is 0 Å². The Hall–Kier alpha value is -1.07. The monoisotopic (exact) mass is 202 g/mol. The van der Waals surface area contributed by atoms with Gasteiger partial charge in [-0.25, -0.2) is 8.60 Å².